The van der Waals surface area contributed by atoms with Crippen molar-refractivity contribution in [2.24, 2.45) is 24.3 Å². The number of aromatic nitrogens is 1. The first-order valence-electron chi connectivity index (χ1n) is 17.5. The molecule has 6 N–H and O–H groups in total. The Morgan fingerprint density at radius 1 is 0.955 bits per heavy atom. The van der Waals surface area contributed by atoms with Crippen molar-refractivity contribution in [2.45, 2.75) is 88.4 Å². The Morgan fingerprint density at radius 3 is 2.61 bits per heavy atom. The van der Waals surface area contributed by atoms with Crippen molar-refractivity contribution in [3.8, 4) is 0 Å². The van der Waals surface area contributed by atoms with Gasteiger partial charge in [-0.2, -0.15) is 0 Å². The molecule has 12 nitrogen and oxygen atoms in total. The lowest BCUT2D eigenvalue weighted by atomic mass is 9.72. The lowest BCUT2D eigenvalue weighted by Crippen LogP contribution is -2.67. The maximum atomic E-state index is 6.62. The highest BCUT2D eigenvalue weighted by atomic mass is 16.5. The van der Waals surface area contributed by atoms with E-state index in [9.17, 15) is 0 Å². The normalized spacial score (nSPS) is 42.2. The average molecular weight is 612 g/mol. The second-order valence-electron chi connectivity index (χ2n) is 15.3. The highest BCUT2D eigenvalue weighted by Gasteiger charge is 2.49. The minimum Gasteiger partial charge on any atom is -0.361 e. The summed E-state index contributed by atoms with van der Waals surface area (Å²) in [6.45, 7) is 12.2. The minimum atomic E-state index is 0.0563. The molecule has 7 saturated heterocycles. The standard InChI is InChI=1S/C32H57N11O/c1-21-8-14-44-31-24(17-35-41(31)4)30-33-11-7-27(37-30)36-28-15-26-23(16-34-28)29(38-43(21)26)25-6-5-22(40(25)3)18-42-12-9-32(10-13-42)19-39(2)20-32/h5-6,21,23-24,26-31,33-38H,7-20H2,1-4H3/t21-,23?,24?,26?,27?,28?,29?,30?,31?/m0/s1. The molecule has 0 radical (unpaired) electrons. The molecule has 12 heteroatoms. The Kier molecular flexibility index (Phi) is 8.33. The third-order valence-corrected chi connectivity index (χ3v) is 12.4. The summed E-state index contributed by atoms with van der Waals surface area (Å²) in [5, 5.41) is 20.3. The molecule has 7 fully saturated rings. The van der Waals surface area contributed by atoms with Crippen LogP contribution >= 0.6 is 0 Å². The molecule has 44 heavy (non-hydrogen) atoms. The van der Waals surface area contributed by atoms with E-state index in [2.05, 4.69) is 96.7 Å². The van der Waals surface area contributed by atoms with Crippen molar-refractivity contribution in [3.05, 3.63) is 23.5 Å². The molecule has 246 valence electrons. The van der Waals surface area contributed by atoms with Crippen LogP contribution in [-0.4, -0.2) is 128 Å². The number of ether oxygens (including phenoxy) is 1. The Bertz CT molecular complexity index is 1150. The van der Waals surface area contributed by atoms with Gasteiger partial charge in [-0.25, -0.2) is 15.4 Å². The van der Waals surface area contributed by atoms with Crippen molar-refractivity contribution in [1.82, 2.24) is 56.5 Å². The van der Waals surface area contributed by atoms with Crippen molar-refractivity contribution in [3.63, 3.8) is 0 Å². The maximum absolute atomic E-state index is 6.62. The molecule has 8 unspecified atom stereocenters. The minimum absolute atomic E-state index is 0.0563. The smallest absolute Gasteiger partial charge is 0.129 e. The number of piperidine rings is 2. The Hall–Kier alpha value is -1.16. The van der Waals surface area contributed by atoms with E-state index in [1.165, 1.54) is 50.4 Å². The summed E-state index contributed by atoms with van der Waals surface area (Å²) in [6, 6.07) is 5.95. The fourth-order valence-electron chi connectivity index (χ4n) is 9.80. The monoisotopic (exact) mass is 611 g/mol. The number of hydrogen-bond donors (Lipinski definition) is 6. The van der Waals surface area contributed by atoms with Crippen LogP contribution in [0.5, 0.6) is 0 Å². The van der Waals surface area contributed by atoms with Crippen LogP contribution < -0.4 is 32.1 Å². The molecule has 9 atom stereocenters. The molecule has 8 heterocycles. The second kappa shape index (κ2) is 12.1. The van der Waals surface area contributed by atoms with Gasteiger partial charge in [0.2, 0.25) is 0 Å². The van der Waals surface area contributed by atoms with E-state index in [4.69, 9.17) is 4.74 Å². The SMILES string of the molecule is C[C@H]1CCOC2C(CNN2C)C2NCCC(NC3CC4C(CN3)C(c3ccc(CN5CCC6(CC5)CN(C)C6)n3C)NN41)N2. The van der Waals surface area contributed by atoms with Gasteiger partial charge in [0, 0.05) is 82.1 Å². The van der Waals surface area contributed by atoms with Gasteiger partial charge < -0.3 is 24.8 Å². The van der Waals surface area contributed by atoms with Crippen LogP contribution in [0, 0.1) is 17.3 Å². The molecule has 4 bridgehead atoms. The molecule has 0 aliphatic carbocycles. The summed E-state index contributed by atoms with van der Waals surface area (Å²) in [4.78, 5) is 5.17. The molecular weight excluding hydrogens is 554 g/mol. The third-order valence-electron chi connectivity index (χ3n) is 12.4. The zero-order valence-corrected chi connectivity index (χ0v) is 27.4. The zero-order chi connectivity index (χ0) is 30.0. The van der Waals surface area contributed by atoms with Crippen molar-refractivity contribution in [2.75, 3.05) is 66.5 Å². The predicted molar refractivity (Wildman–Crippen MR) is 171 cm³/mol. The van der Waals surface area contributed by atoms with E-state index in [-0.39, 0.29) is 18.6 Å². The summed E-state index contributed by atoms with van der Waals surface area (Å²) in [6.07, 6.45) is 6.73. The van der Waals surface area contributed by atoms with Gasteiger partial charge in [-0.3, -0.25) is 21.0 Å². The number of fused-ring (bicyclic) bond motifs is 5. The highest BCUT2D eigenvalue weighted by molar-refractivity contribution is 5.23. The first kappa shape index (κ1) is 30.2. The van der Waals surface area contributed by atoms with Crippen molar-refractivity contribution in [1.29, 1.82) is 0 Å². The van der Waals surface area contributed by atoms with E-state index < -0.39 is 0 Å². The number of nitrogens with one attached hydrogen (secondary N) is 6. The highest BCUT2D eigenvalue weighted by Crippen LogP contribution is 2.41. The van der Waals surface area contributed by atoms with Gasteiger partial charge in [0.25, 0.3) is 0 Å². The molecule has 7 aliphatic heterocycles. The summed E-state index contributed by atoms with van der Waals surface area (Å²) in [5.74, 6) is 0.866. The van der Waals surface area contributed by atoms with Gasteiger partial charge in [-0.05, 0) is 83.3 Å². The van der Waals surface area contributed by atoms with Crippen molar-refractivity contribution < 1.29 is 4.74 Å². The molecule has 0 amide bonds. The average Bonchev–Trinajstić information content (AvgIpc) is 3.68. The van der Waals surface area contributed by atoms with E-state index in [1.54, 1.807) is 0 Å². The first-order chi connectivity index (χ1) is 21.4. The Balaban J connectivity index is 0.979. The van der Waals surface area contributed by atoms with Gasteiger partial charge in [0.05, 0.1) is 31.1 Å². The van der Waals surface area contributed by atoms with Crippen LogP contribution in [0.3, 0.4) is 0 Å². The summed E-state index contributed by atoms with van der Waals surface area (Å²) in [7, 11) is 6.67. The number of hydrazine groups is 2. The quantitative estimate of drug-likeness (QED) is 0.273. The van der Waals surface area contributed by atoms with Crippen molar-refractivity contribution >= 4 is 0 Å². The summed E-state index contributed by atoms with van der Waals surface area (Å²) >= 11 is 0. The van der Waals surface area contributed by atoms with Crippen LogP contribution in [0.2, 0.25) is 0 Å². The fraction of sp³-hybridized carbons (Fsp3) is 0.875. The Morgan fingerprint density at radius 2 is 1.80 bits per heavy atom. The van der Waals surface area contributed by atoms with Crippen LogP contribution in [0.1, 0.15) is 56.5 Å². The predicted octanol–water partition coefficient (Wildman–Crippen LogP) is -0.256. The molecule has 0 aromatic carbocycles. The fourth-order valence-corrected chi connectivity index (χ4v) is 9.80. The van der Waals surface area contributed by atoms with Gasteiger partial charge in [-0.15, -0.1) is 0 Å². The van der Waals surface area contributed by atoms with Gasteiger partial charge in [0.15, 0.2) is 0 Å². The summed E-state index contributed by atoms with van der Waals surface area (Å²) < 4.78 is 9.12. The van der Waals surface area contributed by atoms with Crippen LogP contribution in [0.25, 0.3) is 0 Å². The lowest BCUT2D eigenvalue weighted by molar-refractivity contribution is -0.0791. The van der Waals surface area contributed by atoms with Gasteiger partial charge in [0.1, 0.15) is 6.23 Å². The van der Waals surface area contributed by atoms with Crippen LogP contribution in [-0.2, 0) is 18.3 Å². The van der Waals surface area contributed by atoms with E-state index in [1.807, 2.05) is 0 Å². The Labute approximate surface area is 263 Å². The maximum Gasteiger partial charge on any atom is 0.129 e. The zero-order valence-electron chi connectivity index (χ0n) is 27.4. The molecular formula is C32H57N11O. The number of rotatable bonds is 3. The molecule has 8 rings (SSSR count). The van der Waals surface area contributed by atoms with Gasteiger partial charge in [-0.1, -0.05) is 0 Å². The number of nitrogens with zero attached hydrogens (tertiary/aromatic N) is 5. The molecule has 1 aromatic heterocycles. The lowest BCUT2D eigenvalue weighted by Gasteiger charge is -2.53. The van der Waals surface area contributed by atoms with E-state index in [0.717, 1.165) is 52.0 Å². The number of hydrogen-bond acceptors (Lipinski definition) is 11. The first-order valence-corrected chi connectivity index (χ1v) is 17.5. The van der Waals surface area contributed by atoms with E-state index >= 15 is 0 Å². The van der Waals surface area contributed by atoms with Gasteiger partial charge >= 0.3 is 0 Å². The molecule has 1 spiro atoms. The molecule has 0 saturated carbocycles. The van der Waals surface area contributed by atoms with Crippen LogP contribution in [0.4, 0.5) is 0 Å². The summed E-state index contributed by atoms with van der Waals surface area (Å²) in [5.41, 5.74) is 11.1. The number of likely N-dealkylation sites (tertiary alicyclic amines) is 2. The second-order valence-corrected chi connectivity index (χ2v) is 15.3. The largest absolute Gasteiger partial charge is 0.361 e. The topological polar surface area (TPSA) is 99.3 Å². The van der Waals surface area contributed by atoms with E-state index in [0.29, 0.717) is 41.5 Å². The van der Waals surface area contributed by atoms with Crippen LogP contribution in [0.15, 0.2) is 12.1 Å². The molecule has 7 aliphatic rings. The third kappa shape index (κ3) is 5.57. The molecule has 1 aromatic rings.